The molecule has 0 radical (unpaired) electrons. The molecule has 7 nitrogen and oxygen atoms in total. The highest BCUT2D eigenvalue weighted by atomic mass is 16.3. The Kier molecular flexibility index (Phi) is 4.26. The summed E-state index contributed by atoms with van der Waals surface area (Å²) in [6, 6.07) is 9.14. The highest BCUT2D eigenvalue weighted by molar-refractivity contribution is 5.90. The Morgan fingerprint density at radius 3 is 2.79 bits per heavy atom. The largest absolute Gasteiger partial charge is 0.494 e. The van der Waals surface area contributed by atoms with Gasteiger partial charge >= 0.3 is 0 Å². The third-order valence-electron chi connectivity index (χ3n) is 4.23. The molecule has 126 valence electrons. The first-order chi connectivity index (χ1) is 11.5. The fourth-order valence-corrected chi connectivity index (χ4v) is 2.98. The number of aliphatic hydroxyl groups excluding tert-OH is 1. The van der Waals surface area contributed by atoms with Crippen LogP contribution >= 0.6 is 0 Å². The summed E-state index contributed by atoms with van der Waals surface area (Å²) in [7, 11) is 0. The molecule has 2 aromatic heterocycles. The number of hydrogen-bond acceptors (Lipinski definition) is 4. The summed E-state index contributed by atoms with van der Waals surface area (Å²) in [5, 5.41) is 21.2. The number of para-hydroxylation sites is 1. The summed E-state index contributed by atoms with van der Waals surface area (Å²) < 4.78 is 3.49. The van der Waals surface area contributed by atoms with Crippen molar-refractivity contribution in [1.82, 2.24) is 14.1 Å². The summed E-state index contributed by atoms with van der Waals surface area (Å²) in [6.45, 7) is 2.20. The molecule has 0 fully saturated rings. The van der Waals surface area contributed by atoms with Crippen molar-refractivity contribution >= 4 is 16.8 Å². The van der Waals surface area contributed by atoms with Crippen LogP contribution in [0.1, 0.15) is 29.9 Å². The Balaban J connectivity index is 1.83. The summed E-state index contributed by atoms with van der Waals surface area (Å²) in [4.78, 5) is 15.1. The van der Waals surface area contributed by atoms with Crippen molar-refractivity contribution in [2.45, 2.75) is 32.0 Å². The summed E-state index contributed by atoms with van der Waals surface area (Å²) >= 11 is 0. The van der Waals surface area contributed by atoms with E-state index in [1.54, 1.807) is 22.1 Å². The maximum absolute atomic E-state index is 11.2. The van der Waals surface area contributed by atoms with E-state index in [0.29, 0.717) is 13.0 Å². The summed E-state index contributed by atoms with van der Waals surface area (Å²) in [6.07, 6.45) is 2.93. The second kappa shape index (κ2) is 6.37. The van der Waals surface area contributed by atoms with Crippen LogP contribution in [-0.2, 0) is 6.54 Å². The maximum Gasteiger partial charge on any atom is 0.268 e. The molecule has 0 spiro atoms. The number of hydrogen-bond donors (Lipinski definition) is 3. The minimum Gasteiger partial charge on any atom is -0.494 e. The van der Waals surface area contributed by atoms with Gasteiger partial charge in [0.1, 0.15) is 5.69 Å². The lowest BCUT2D eigenvalue weighted by Gasteiger charge is -2.22. The number of aliphatic hydroxyl groups is 1. The number of aryl methyl sites for hydroxylation is 1. The van der Waals surface area contributed by atoms with Crippen LogP contribution in [0.5, 0.6) is 5.88 Å². The molecule has 0 aliphatic carbocycles. The van der Waals surface area contributed by atoms with E-state index in [1.165, 1.54) is 12.5 Å². The molecule has 0 bridgehead atoms. The number of aromatic nitrogens is 3. The average Bonchev–Trinajstić information content (AvgIpc) is 3.12. The molecule has 1 amide bonds. The lowest BCUT2D eigenvalue weighted by Crippen LogP contribution is -2.22. The zero-order valence-corrected chi connectivity index (χ0v) is 13.3. The first-order valence-electron chi connectivity index (χ1n) is 7.76. The number of carbonyl (C=O) groups is 1. The predicted molar refractivity (Wildman–Crippen MR) is 89.7 cm³/mol. The maximum atomic E-state index is 11.2. The van der Waals surface area contributed by atoms with Gasteiger partial charge in [0.15, 0.2) is 5.88 Å². The molecule has 3 rings (SSSR count). The van der Waals surface area contributed by atoms with Gasteiger partial charge in [0.25, 0.3) is 5.91 Å². The number of nitrogens with zero attached hydrogens (tertiary/aromatic N) is 3. The number of nitrogens with two attached hydrogens (primary N) is 1. The Morgan fingerprint density at radius 2 is 2.12 bits per heavy atom. The molecule has 4 N–H and O–H groups in total. The second-order valence-corrected chi connectivity index (χ2v) is 5.88. The Hall–Kier alpha value is -2.80. The number of fused-ring (bicyclic) bond motifs is 1. The van der Waals surface area contributed by atoms with Gasteiger partial charge in [-0.2, -0.15) is 0 Å². The molecule has 0 aliphatic rings. The van der Waals surface area contributed by atoms with Crippen LogP contribution in [0.25, 0.3) is 10.9 Å². The van der Waals surface area contributed by atoms with Gasteiger partial charge in [-0.15, -0.1) is 0 Å². The highest BCUT2D eigenvalue weighted by Gasteiger charge is 2.19. The van der Waals surface area contributed by atoms with Crippen molar-refractivity contribution in [1.29, 1.82) is 0 Å². The van der Waals surface area contributed by atoms with Gasteiger partial charge in [0.05, 0.1) is 24.0 Å². The van der Waals surface area contributed by atoms with Crippen LogP contribution in [-0.4, -0.2) is 36.3 Å². The Labute approximate surface area is 139 Å². The highest BCUT2D eigenvalue weighted by Crippen LogP contribution is 2.27. The quantitative estimate of drug-likeness (QED) is 0.639. The normalized spacial score (nSPS) is 13.9. The average molecular weight is 328 g/mol. The van der Waals surface area contributed by atoms with E-state index >= 15 is 0 Å². The molecule has 1 aromatic carbocycles. The van der Waals surface area contributed by atoms with Crippen molar-refractivity contribution in [2.75, 3.05) is 0 Å². The smallest absolute Gasteiger partial charge is 0.268 e. The van der Waals surface area contributed by atoms with Crippen LogP contribution in [0.2, 0.25) is 0 Å². The molecule has 2 atom stereocenters. The number of aromatic hydroxyl groups is 1. The van der Waals surface area contributed by atoms with Crippen LogP contribution in [0.4, 0.5) is 0 Å². The number of carbonyl (C=O) groups excluding carboxylic acids is 1. The Morgan fingerprint density at radius 1 is 1.38 bits per heavy atom. The van der Waals surface area contributed by atoms with Gasteiger partial charge in [-0.3, -0.25) is 4.79 Å². The summed E-state index contributed by atoms with van der Waals surface area (Å²) in [5.41, 5.74) is 6.32. The number of rotatable bonds is 6. The molecule has 0 aliphatic heterocycles. The molecular formula is C17H20N4O3. The number of imidazole rings is 1. The standard InChI is InChI=1S/C17H20N4O3/c1-11(22)14(20-9-13(17(18)24)19-10-20)6-7-21-15-5-3-2-4-12(15)8-16(21)23/h2-5,8-11,14,22-23H,6-7H2,1H3,(H2,18,24). The lowest BCUT2D eigenvalue weighted by molar-refractivity contribution is 0.0994. The number of primary amides is 1. The third-order valence-corrected chi connectivity index (χ3v) is 4.23. The lowest BCUT2D eigenvalue weighted by atomic mass is 10.1. The van der Waals surface area contributed by atoms with Crippen molar-refractivity contribution in [2.24, 2.45) is 5.73 Å². The zero-order valence-electron chi connectivity index (χ0n) is 13.3. The van der Waals surface area contributed by atoms with E-state index in [4.69, 9.17) is 5.73 Å². The SMILES string of the molecule is CC(O)C(CCn1c(O)cc2ccccc21)n1cnc(C(N)=O)c1. The molecule has 3 aromatic rings. The zero-order chi connectivity index (χ0) is 17.3. The van der Waals surface area contributed by atoms with E-state index in [-0.39, 0.29) is 17.6 Å². The van der Waals surface area contributed by atoms with Gasteiger partial charge in [-0.25, -0.2) is 4.98 Å². The van der Waals surface area contributed by atoms with E-state index in [2.05, 4.69) is 4.98 Å². The molecule has 2 heterocycles. The van der Waals surface area contributed by atoms with Crippen LogP contribution < -0.4 is 5.73 Å². The van der Waals surface area contributed by atoms with Crippen molar-refractivity contribution < 1.29 is 15.0 Å². The van der Waals surface area contributed by atoms with Crippen molar-refractivity contribution in [3.8, 4) is 5.88 Å². The second-order valence-electron chi connectivity index (χ2n) is 5.88. The van der Waals surface area contributed by atoms with Crippen molar-refractivity contribution in [3.63, 3.8) is 0 Å². The third kappa shape index (κ3) is 2.98. The first-order valence-corrected chi connectivity index (χ1v) is 7.76. The van der Waals surface area contributed by atoms with E-state index < -0.39 is 12.0 Å². The number of amides is 1. The molecular weight excluding hydrogens is 308 g/mol. The molecule has 0 saturated heterocycles. The van der Waals surface area contributed by atoms with Gasteiger partial charge in [-0.1, -0.05) is 18.2 Å². The summed E-state index contributed by atoms with van der Waals surface area (Å²) in [5.74, 6) is -0.420. The molecule has 24 heavy (non-hydrogen) atoms. The van der Waals surface area contributed by atoms with Gasteiger partial charge in [0.2, 0.25) is 0 Å². The Bertz CT molecular complexity index is 866. The van der Waals surface area contributed by atoms with Crippen LogP contribution in [0.15, 0.2) is 42.9 Å². The molecule has 7 heteroatoms. The van der Waals surface area contributed by atoms with Crippen LogP contribution in [0.3, 0.4) is 0 Å². The monoisotopic (exact) mass is 328 g/mol. The van der Waals surface area contributed by atoms with Crippen molar-refractivity contribution in [3.05, 3.63) is 48.5 Å². The fourth-order valence-electron chi connectivity index (χ4n) is 2.98. The van der Waals surface area contributed by atoms with E-state index in [1.807, 2.05) is 24.3 Å². The first kappa shape index (κ1) is 16.1. The topological polar surface area (TPSA) is 106 Å². The minimum absolute atomic E-state index is 0.162. The van der Waals surface area contributed by atoms with Gasteiger partial charge in [0, 0.05) is 24.2 Å². The van der Waals surface area contributed by atoms with E-state index in [0.717, 1.165) is 10.9 Å². The van der Waals surface area contributed by atoms with Gasteiger partial charge in [-0.05, 0) is 19.4 Å². The predicted octanol–water partition coefficient (Wildman–Crippen LogP) is 1.65. The minimum atomic E-state index is -0.649. The number of benzene rings is 1. The fraction of sp³-hybridized carbons (Fsp3) is 0.294. The van der Waals surface area contributed by atoms with Crippen LogP contribution in [0, 0.1) is 0 Å². The van der Waals surface area contributed by atoms with E-state index in [9.17, 15) is 15.0 Å². The van der Waals surface area contributed by atoms with Gasteiger partial charge < -0.3 is 25.1 Å². The molecule has 2 unspecified atom stereocenters. The molecule has 0 saturated carbocycles.